The Kier molecular flexibility index (Phi) is 6.83. The maximum atomic E-state index is 12.0. The summed E-state index contributed by atoms with van der Waals surface area (Å²) in [7, 11) is -3.51. The summed E-state index contributed by atoms with van der Waals surface area (Å²) >= 11 is 0. The molecule has 4 rings (SSSR count). The molecule has 2 heterocycles. The van der Waals surface area contributed by atoms with Crippen molar-refractivity contribution < 1.29 is 18.1 Å². The lowest BCUT2D eigenvalue weighted by atomic mass is 10.0. The van der Waals surface area contributed by atoms with Crippen LogP contribution < -0.4 is 5.14 Å². The molecule has 0 unspecified atom stereocenters. The van der Waals surface area contributed by atoms with E-state index in [4.69, 9.17) is 9.88 Å². The maximum Gasteiger partial charge on any atom is 0.278 e. The van der Waals surface area contributed by atoms with Crippen LogP contribution in [0.1, 0.15) is 0 Å². The molecule has 2 N–H and O–H groups in total. The molecule has 0 aliphatic heterocycles. The van der Waals surface area contributed by atoms with Crippen molar-refractivity contribution >= 4 is 34.7 Å². The number of benzene rings is 2. The van der Waals surface area contributed by atoms with Gasteiger partial charge in [0.05, 0.1) is 27.1 Å². The third-order valence-corrected chi connectivity index (χ3v) is 8.34. The molecule has 0 fully saturated rings. The quantitative estimate of drug-likeness (QED) is 0.149. The molecule has 0 aliphatic rings. The molecule has 190 valence electrons. The van der Waals surface area contributed by atoms with Crippen LogP contribution in [-0.4, -0.2) is 47.6 Å². The van der Waals surface area contributed by atoms with Crippen LogP contribution in [0.4, 0.5) is 5.69 Å². The Hall–Kier alpha value is -3.39. The minimum atomic E-state index is -3.95. The van der Waals surface area contributed by atoms with E-state index in [2.05, 4.69) is 29.8 Å². The molecule has 36 heavy (non-hydrogen) atoms. The summed E-state index contributed by atoms with van der Waals surface area (Å²) in [5.74, 6) is 0. The average Bonchev–Trinajstić information content (AvgIpc) is 3.38. The minimum absolute atomic E-state index is 0.0736. The lowest BCUT2D eigenvalue weighted by Crippen LogP contribution is -2.22. The van der Waals surface area contributed by atoms with Crippen LogP contribution in [0.15, 0.2) is 53.7 Å². The van der Waals surface area contributed by atoms with Gasteiger partial charge in [0, 0.05) is 50.5 Å². The number of primary sulfonamides is 1. The van der Waals surface area contributed by atoms with Crippen LogP contribution in [0.5, 0.6) is 0 Å². The smallest absolute Gasteiger partial charge is 0.278 e. The number of aromatic nitrogens is 4. The number of hydrogen-bond donors (Lipinski definition) is 1. The van der Waals surface area contributed by atoms with E-state index in [1.165, 1.54) is 18.2 Å². The largest absolute Gasteiger partial charge is 0.360 e. The van der Waals surface area contributed by atoms with Crippen molar-refractivity contribution in [2.75, 3.05) is 6.61 Å². The highest BCUT2D eigenvalue weighted by Gasteiger charge is 2.24. The monoisotopic (exact) mass is 528 g/mol. The number of ether oxygens (including phenoxy) is 1. The first-order valence-corrected chi connectivity index (χ1v) is 16.5. The van der Waals surface area contributed by atoms with E-state index in [0.29, 0.717) is 39.9 Å². The number of rotatable bonds is 9. The number of nitro benzene ring substituents is 1. The molecular formula is C23H28N6O5SSi. The highest BCUT2D eigenvalue weighted by molar-refractivity contribution is 7.89. The summed E-state index contributed by atoms with van der Waals surface area (Å²) in [6.07, 6.45) is 3.27. The van der Waals surface area contributed by atoms with Crippen LogP contribution >= 0.6 is 0 Å². The van der Waals surface area contributed by atoms with Crippen molar-refractivity contribution in [3.63, 3.8) is 0 Å². The van der Waals surface area contributed by atoms with E-state index < -0.39 is 23.0 Å². The second kappa shape index (κ2) is 9.58. The van der Waals surface area contributed by atoms with Crippen molar-refractivity contribution in [1.29, 1.82) is 0 Å². The Morgan fingerprint density at radius 3 is 2.53 bits per heavy atom. The molecule has 0 spiro atoms. The zero-order valence-electron chi connectivity index (χ0n) is 20.5. The van der Waals surface area contributed by atoms with Crippen LogP contribution in [0.2, 0.25) is 25.7 Å². The Morgan fingerprint density at radius 2 is 1.92 bits per heavy atom. The molecule has 0 aliphatic carbocycles. The number of nitro groups is 1. The van der Waals surface area contributed by atoms with E-state index in [1.54, 1.807) is 47.0 Å². The molecule has 4 aromatic rings. The van der Waals surface area contributed by atoms with Gasteiger partial charge in [-0.3, -0.25) is 14.8 Å². The molecule has 13 heteroatoms. The summed E-state index contributed by atoms with van der Waals surface area (Å²) in [5.41, 5.74) is 2.35. The van der Waals surface area contributed by atoms with E-state index in [9.17, 15) is 18.5 Å². The number of hydrogen-bond acceptors (Lipinski definition) is 7. The Balaban J connectivity index is 1.89. The number of sulfonamides is 1. The van der Waals surface area contributed by atoms with E-state index in [-0.39, 0.29) is 17.3 Å². The summed E-state index contributed by atoms with van der Waals surface area (Å²) < 4.78 is 33.0. The van der Waals surface area contributed by atoms with Crippen molar-refractivity contribution in [2.24, 2.45) is 12.2 Å². The van der Waals surface area contributed by atoms with Gasteiger partial charge >= 0.3 is 0 Å². The van der Waals surface area contributed by atoms with Crippen molar-refractivity contribution in [3.8, 4) is 22.4 Å². The van der Waals surface area contributed by atoms with Gasteiger partial charge in [0.1, 0.15) is 12.4 Å². The molecule has 0 radical (unpaired) electrons. The van der Waals surface area contributed by atoms with Crippen LogP contribution in [0.3, 0.4) is 0 Å². The second-order valence-corrected chi connectivity index (χ2v) is 17.0. The number of nitrogens with two attached hydrogens (primary N) is 1. The standard InChI is InChI=1S/C23H28N6O5SSi/c1-27-14-17(13-25-27)19-11-21-20(12-22(19)29(30)31)23(16-6-5-7-18(10-16)35(24,32)33)26-28(21)15-34-8-9-36(2,3)4/h5-7,10-14H,8-9,15H2,1-4H3,(H2,24,32,33). The zero-order chi connectivity index (χ0) is 26.3. The fraction of sp³-hybridized carbons (Fsp3) is 0.304. The van der Waals surface area contributed by atoms with Crippen LogP contribution in [0.25, 0.3) is 33.3 Å². The fourth-order valence-corrected chi connectivity index (χ4v) is 5.13. The first-order chi connectivity index (χ1) is 16.8. The third-order valence-electron chi connectivity index (χ3n) is 5.73. The predicted molar refractivity (Wildman–Crippen MR) is 140 cm³/mol. The molecule has 2 aromatic carbocycles. The van der Waals surface area contributed by atoms with Crippen LogP contribution in [-0.2, 0) is 28.5 Å². The van der Waals surface area contributed by atoms with Gasteiger partial charge in [0.25, 0.3) is 5.69 Å². The van der Waals surface area contributed by atoms with Crippen LogP contribution in [0, 0.1) is 10.1 Å². The molecule has 0 saturated carbocycles. The SMILES string of the molecule is Cn1cc(-c2cc3c(cc2[N+](=O)[O-])c(-c2cccc(S(N)(=O)=O)c2)nn3COCC[Si](C)(C)C)cn1. The van der Waals surface area contributed by atoms with Gasteiger partial charge in [-0.15, -0.1) is 0 Å². The average molecular weight is 529 g/mol. The Morgan fingerprint density at radius 1 is 1.17 bits per heavy atom. The number of aryl methyl sites for hydroxylation is 1. The molecule has 11 nitrogen and oxygen atoms in total. The number of nitrogens with zero attached hydrogens (tertiary/aromatic N) is 5. The Labute approximate surface area is 209 Å². The first kappa shape index (κ1) is 25.7. The van der Waals surface area contributed by atoms with Gasteiger partial charge in [0.15, 0.2) is 0 Å². The maximum absolute atomic E-state index is 12.0. The molecule has 0 saturated heterocycles. The van der Waals surface area contributed by atoms with Gasteiger partial charge in [-0.2, -0.15) is 10.2 Å². The minimum Gasteiger partial charge on any atom is -0.360 e. The summed E-state index contributed by atoms with van der Waals surface area (Å²) in [5, 5.41) is 26.7. The van der Waals surface area contributed by atoms with Gasteiger partial charge in [-0.1, -0.05) is 31.8 Å². The topological polar surface area (TPSA) is 148 Å². The molecule has 2 aromatic heterocycles. The predicted octanol–water partition coefficient (Wildman–Crippen LogP) is 3.97. The van der Waals surface area contributed by atoms with Crippen molar-refractivity contribution in [2.45, 2.75) is 37.3 Å². The summed E-state index contributed by atoms with van der Waals surface area (Å²) in [6.45, 7) is 7.48. The van der Waals surface area contributed by atoms with Crippen molar-refractivity contribution in [3.05, 3.63) is 58.9 Å². The fourth-order valence-electron chi connectivity index (χ4n) is 3.81. The molecule has 0 amide bonds. The lowest BCUT2D eigenvalue weighted by molar-refractivity contribution is -0.384. The van der Waals surface area contributed by atoms with Crippen molar-refractivity contribution in [1.82, 2.24) is 19.6 Å². The third kappa shape index (κ3) is 5.54. The van der Waals surface area contributed by atoms with Gasteiger partial charge < -0.3 is 4.74 Å². The number of fused-ring (bicyclic) bond motifs is 1. The van der Waals surface area contributed by atoms with Gasteiger partial charge in [-0.25, -0.2) is 18.2 Å². The van der Waals surface area contributed by atoms with E-state index in [1.807, 2.05) is 0 Å². The zero-order valence-corrected chi connectivity index (χ0v) is 22.3. The second-order valence-electron chi connectivity index (χ2n) is 9.82. The van der Waals surface area contributed by atoms with E-state index in [0.717, 1.165) is 6.04 Å². The highest BCUT2D eigenvalue weighted by Crippen LogP contribution is 2.38. The normalized spacial score (nSPS) is 12.4. The van der Waals surface area contributed by atoms with Gasteiger partial charge in [-0.05, 0) is 24.2 Å². The first-order valence-electron chi connectivity index (χ1n) is 11.2. The molecule has 0 atom stereocenters. The molecular weight excluding hydrogens is 500 g/mol. The molecule has 0 bridgehead atoms. The Bertz CT molecular complexity index is 1550. The highest BCUT2D eigenvalue weighted by atomic mass is 32.2. The van der Waals surface area contributed by atoms with Gasteiger partial charge in [0.2, 0.25) is 10.0 Å². The van der Waals surface area contributed by atoms with E-state index >= 15 is 0 Å². The summed E-state index contributed by atoms with van der Waals surface area (Å²) in [6, 6.07) is 10.2. The summed E-state index contributed by atoms with van der Waals surface area (Å²) in [4.78, 5) is 11.5. The lowest BCUT2D eigenvalue weighted by Gasteiger charge is -2.15.